The van der Waals surface area contributed by atoms with Gasteiger partial charge in [0.05, 0.1) is 10.5 Å². The van der Waals surface area contributed by atoms with Gasteiger partial charge >= 0.3 is 5.69 Å². The second-order valence-corrected chi connectivity index (χ2v) is 7.25. The molecule has 0 aliphatic heterocycles. The molecule has 1 rings (SSSR count). The van der Waals surface area contributed by atoms with E-state index >= 15 is 0 Å². The molecule has 8 nitrogen and oxygen atoms in total. The van der Waals surface area contributed by atoms with Gasteiger partial charge in [-0.1, -0.05) is 6.07 Å². The third kappa shape index (κ3) is 3.90. The summed E-state index contributed by atoms with van der Waals surface area (Å²) in [6.45, 7) is 2.73. The number of sulfonamides is 1. The highest BCUT2D eigenvalue weighted by Crippen LogP contribution is 2.33. The Hall–Kier alpha value is -1.71. The summed E-state index contributed by atoms with van der Waals surface area (Å²) in [7, 11) is -1.35. The van der Waals surface area contributed by atoms with Crippen molar-refractivity contribution in [2.75, 3.05) is 26.0 Å². The highest BCUT2D eigenvalue weighted by molar-refractivity contribution is 7.89. The first kappa shape index (κ1) is 17.3. The number of hydrogen-bond acceptors (Lipinski definition) is 6. The topological polar surface area (TPSA) is 113 Å². The number of para-hydroxylation sites is 1. The largest absolute Gasteiger partial charge is 0.389 e. The van der Waals surface area contributed by atoms with E-state index < -0.39 is 31.1 Å². The van der Waals surface area contributed by atoms with E-state index in [2.05, 4.69) is 5.32 Å². The van der Waals surface area contributed by atoms with Gasteiger partial charge in [0.15, 0.2) is 4.90 Å². The maximum absolute atomic E-state index is 12.5. The fourth-order valence-corrected chi connectivity index (χ4v) is 3.42. The van der Waals surface area contributed by atoms with Crippen LogP contribution in [0.25, 0.3) is 0 Å². The van der Waals surface area contributed by atoms with Gasteiger partial charge in [-0.15, -0.1) is 0 Å². The number of nitrogens with one attached hydrogen (secondary N) is 1. The van der Waals surface area contributed by atoms with Crippen molar-refractivity contribution < 1.29 is 18.4 Å². The predicted molar refractivity (Wildman–Crippen MR) is 78.8 cm³/mol. The van der Waals surface area contributed by atoms with Crippen LogP contribution in [-0.2, 0) is 10.0 Å². The molecule has 9 heteroatoms. The molecule has 0 atom stereocenters. The van der Waals surface area contributed by atoms with Crippen molar-refractivity contribution in [2.45, 2.75) is 24.3 Å². The van der Waals surface area contributed by atoms with Crippen LogP contribution < -0.4 is 5.32 Å². The van der Waals surface area contributed by atoms with E-state index in [1.54, 1.807) is 0 Å². The van der Waals surface area contributed by atoms with Crippen molar-refractivity contribution in [1.29, 1.82) is 0 Å². The van der Waals surface area contributed by atoms with E-state index in [1.165, 1.54) is 46.1 Å². The lowest BCUT2D eigenvalue weighted by molar-refractivity contribution is -0.386. The maximum Gasteiger partial charge on any atom is 0.312 e. The highest BCUT2D eigenvalue weighted by Gasteiger charge is 2.33. The second-order valence-electron chi connectivity index (χ2n) is 5.23. The van der Waals surface area contributed by atoms with Crippen LogP contribution in [0.2, 0.25) is 0 Å². The monoisotopic (exact) mass is 317 g/mol. The van der Waals surface area contributed by atoms with Gasteiger partial charge < -0.3 is 10.4 Å². The van der Waals surface area contributed by atoms with E-state index in [9.17, 15) is 23.6 Å². The van der Waals surface area contributed by atoms with Crippen LogP contribution in [0.4, 0.5) is 11.4 Å². The Bertz CT molecular complexity index is 637. The first-order valence-corrected chi connectivity index (χ1v) is 7.58. The van der Waals surface area contributed by atoms with Crippen LogP contribution in [0.1, 0.15) is 13.8 Å². The molecule has 2 N–H and O–H groups in total. The number of rotatable bonds is 6. The average Bonchev–Trinajstić information content (AvgIpc) is 2.35. The summed E-state index contributed by atoms with van der Waals surface area (Å²) < 4.78 is 25.9. The minimum atomic E-state index is -4.09. The molecule has 21 heavy (non-hydrogen) atoms. The molecule has 0 amide bonds. The molecule has 1 aromatic rings. The van der Waals surface area contributed by atoms with Gasteiger partial charge in [0.1, 0.15) is 5.69 Å². The van der Waals surface area contributed by atoms with Gasteiger partial charge in [0.2, 0.25) is 10.0 Å². The molecule has 0 spiro atoms. The molecule has 0 saturated carbocycles. The van der Waals surface area contributed by atoms with E-state index in [0.29, 0.717) is 0 Å². The molecule has 0 unspecified atom stereocenters. The highest BCUT2D eigenvalue weighted by atomic mass is 32.2. The molecule has 0 heterocycles. The number of anilines is 1. The molecule has 0 aliphatic rings. The predicted octanol–water partition coefficient (Wildman–Crippen LogP) is 1.03. The molecule has 1 aromatic carbocycles. The molecule has 0 radical (unpaired) electrons. The summed E-state index contributed by atoms with van der Waals surface area (Å²) in [5.74, 6) is 0. The second kappa shape index (κ2) is 5.96. The van der Waals surface area contributed by atoms with Crippen LogP contribution in [0.5, 0.6) is 0 Å². The Kier molecular flexibility index (Phi) is 4.92. The Morgan fingerprint density at radius 1 is 1.43 bits per heavy atom. The fourth-order valence-electron chi connectivity index (χ4n) is 1.92. The number of nitro benzene ring substituents is 1. The number of hydrogen-bond donors (Lipinski definition) is 2. The zero-order valence-corrected chi connectivity index (χ0v) is 13.1. The van der Waals surface area contributed by atoms with Crippen LogP contribution in [-0.4, -0.2) is 49.0 Å². The molecule has 0 aromatic heterocycles. The Labute approximate surface area is 123 Å². The van der Waals surface area contributed by atoms with Crippen molar-refractivity contribution in [3.8, 4) is 0 Å². The number of nitrogens with zero attached hydrogens (tertiary/aromatic N) is 2. The first-order valence-electron chi connectivity index (χ1n) is 6.14. The summed E-state index contributed by atoms with van der Waals surface area (Å²) in [6.07, 6.45) is 0. The van der Waals surface area contributed by atoms with Crippen molar-refractivity contribution in [2.24, 2.45) is 0 Å². The Morgan fingerprint density at radius 3 is 2.43 bits per heavy atom. The lowest BCUT2D eigenvalue weighted by Gasteiger charge is -2.25. The van der Waals surface area contributed by atoms with E-state index in [1.807, 2.05) is 0 Å². The molecule has 0 bridgehead atoms. The SMILES string of the molecule is CNc1cccc(S(=O)(=O)N(C)CC(C)(C)O)c1[N+](=O)[O-]. The molecule has 0 aliphatic carbocycles. The standard InChI is InChI=1S/C12H19N3O5S/c1-12(2,16)8-14(4)21(19,20)10-7-5-6-9(13-3)11(10)15(17)18/h5-7,13,16H,8H2,1-4H3. The van der Waals surface area contributed by atoms with Gasteiger partial charge in [-0.3, -0.25) is 10.1 Å². The molecular weight excluding hydrogens is 298 g/mol. The van der Waals surface area contributed by atoms with Crippen molar-refractivity contribution in [3.63, 3.8) is 0 Å². The van der Waals surface area contributed by atoms with Crippen LogP contribution >= 0.6 is 0 Å². The van der Waals surface area contributed by atoms with Gasteiger partial charge in [-0.25, -0.2) is 8.42 Å². The van der Waals surface area contributed by atoms with Gasteiger partial charge in [0, 0.05) is 20.6 Å². The Morgan fingerprint density at radius 2 is 2.00 bits per heavy atom. The van der Waals surface area contributed by atoms with Crippen molar-refractivity contribution in [3.05, 3.63) is 28.3 Å². The zero-order valence-electron chi connectivity index (χ0n) is 12.3. The van der Waals surface area contributed by atoms with Crippen LogP contribution in [0.3, 0.4) is 0 Å². The van der Waals surface area contributed by atoms with E-state index in [4.69, 9.17) is 0 Å². The number of likely N-dealkylation sites (N-methyl/N-ethyl adjacent to an activating group) is 1. The Balaban J connectivity index is 3.42. The molecular formula is C12H19N3O5S. The van der Waals surface area contributed by atoms with E-state index in [0.717, 1.165) is 4.31 Å². The summed E-state index contributed by atoms with van der Waals surface area (Å²) in [6, 6.07) is 4.02. The van der Waals surface area contributed by atoms with Gasteiger partial charge in [-0.2, -0.15) is 4.31 Å². The first-order chi connectivity index (χ1) is 9.50. The summed E-state index contributed by atoms with van der Waals surface area (Å²) in [5, 5.41) is 23.5. The lowest BCUT2D eigenvalue weighted by atomic mass is 10.1. The molecule has 0 fully saturated rings. The summed E-state index contributed by atoms with van der Waals surface area (Å²) in [4.78, 5) is 10.0. The summed E-state index contributed by atoms with van der Waals surface area (Å²) >= 11 is 0. The summed E-state index contributed by atoms with van der Waals surface area (Å²) in [5.41, 5.74) is -1.66. The van der Waals surface area contributed by atoms with E-state index in [-0.39, 0.29) is 12.2 Å². The third-order valence-electron chi connectivity index (χ3n) is 2.75. The number of benzene rings is 1. The van der Waals surface area contributed by atoms with Crippen LogP contribution in [0, 0.1) is 10.1 Å². The normalized spacial score (nSPS) is 12.5. The smallest absolute Gasteiger partial charge is 0.312 e. The average molecular weight is 317 g/mol. The minimum absolute atomic E-state index is 0.109. The number of aliphatic hydroxyl groups is 1. The lowest BCUT2D eigenvalue weighted by Crippen LogP contribution is -2.39. The zero-order chi connectivity index (χ0) is 16.4. The molecule has 118 valence electrons. The minimum Gasteiger partial charge on any atom is -0.389 e. The third-order valence-corrected chi connectivity index (χ3v) is 4.58. The van der Waals surface area contributed by atoms with Gasteiger partial charge in [-0.05, 0) is 26.0 Å². The fraction of sp³-hybridized carbons (Fsp3) is 0.500. The quantitative estimate of drug-likeness (QED) is 0.598. The molecule has 0 saturated heterocycles. The van der Waals surface area contributed by atoms with Crippen LogP contribution in [0.15, 0.2) is 23.1 Å². The maximum atomic E-state index is 12.5. The van der Waals surface area contributed by atoms with Crippen molar-refractivity contribution in [1.82, 2.24) is 4.31 Å². The van der Waals surface area contributed by atoms with Crippen molar-refractivity contribution >= 4 is 21.4 Å². The number of nitro groups is 1. The van der Waals surface area contributed by atoms with Gasteiger partial charge in [0.25, 0.3) is 0 Å².